The highest BCUT2D eigenvalue weighted by Crippen LogP contribution is 2.19. The van der Waals surface area contributed by atoms with Crippen molar-refractivity contribution >= 4 is 20.8 Å². The minimum Gasteiger partial charge on any atom is -0.396 e. The van der Waals surface area contributed by atoms with Gasteiger partial charge in [-0.05, 0) is 35.7 Å². The van der Waals surface area contributed by atoms with Crippen LogP contribution in [0.5, 0.6) is 0 Å². The molecule has 0 fully saturated rings. The van der Waals surface area contributed by atoms with Crippen LogP contribution in [0.1, 0.15) is 19.8 Å². The summed E-state index contributed by atoms with van der Waals surface area (Å²) in [6.45, 7) is 1.86. The molecule has 2 aromatic rings. The first-order valence-electron chi connectivity index (χ1n) is 6.69. The molecule has 2 aromatic carbocycles. The molecule has 1 unspecified atom stereocenters. The molecule has 0 heterocycles. The van der Waals surface area contributed by atoms with Gasteiger partial charge in [0.25, 0.3) is 0 Å². The van der Waals surface area contributed by atoms with Gasteiger partial charge in [-0.3, -0.25) is 0 Å². The summed E-state index contributed by atoms with van der Waals surface area (Å²) in [6, 6.07) is 12.5. The lowest BCUT2D eigenvalue weighted by Crippen LogP contribution is -2.35. The van der Waals surface area contributed by atoms with Crippen LogP contribution in [0, 0.1) is 0 Å². The van der Waals surface area contributed by atoms with Crippen molar-refractivity contribution in [3.05, 3.63) is 42.5 Å². The van der Waals surface area contributed by atoms with Gasteiger partial charge in [0.2, 0.25) is 10.0 Å². The summed E-state index contributed by atoms with van der Waals surface area (Å²) in [6.07, 6.45) is 1.07. The van der Waals surface area contributed by atoms with Gasteiger partial charge in [-0.15, -0.1) is 0 Å². The smallest absolute Gasteiger partial charge is 0.240 e. The van der Waals surface area contributed by atoms with Crippen LogP contribution in [0.15, 0.2) is 47.4 Å². The third-order valence-corrected chi connectivity index (χ3v) is 4.84. The van der Waals surface area contributed by atoms with Gasteiger partial charge in [-0.25, -0.2) is 13.1 Å². The molecule has 0 bridgehead atoms. The van der Waals surface area contributed by atoms with E-state index in [0.717, 1.165) is 10.8 Å². The van der Waals surface area contributed by atoms with Crippen molar-refractivity contribution in [2.24, 2.45) is 0 Å². The van der Waals surface area contributed by atoms with E-state index in [1.807, 2.05) is 31.2 Å². The van der Waals surface area contributed by atoms with Crippen molar-refractivity contribution in [2.45, 2.75) is 30.7 Å². The Hall–Kier alpha value is -1.43. The molecule has 0 aromatic heterocycles. The third kappa shape index (κ3) is 3.36. The quantitative estimate of drug-likeness (QED) is 0.858. The molecule has 2 rings (SSSR count). The van der Waals surface area contributed by atoms with Crippen molar-refractivity contribution in [1.29, 1.82) is 0 Å². The Balaban J connectivity index is 2.31. The van der Waals surface area contributed by atoms with E-state index in [9.17, 15) is 8.42 Å². The Morgan fingerprint density at radius 1 is 1.15 bits per heavy atom. The Bertz CT molecular complexity index is 682. The molecular formula is C15H19NO3S. The van der Waals surface area contributed by atoms with Crippen LogP contribution < -0.4 is 4.72 Å². The zero-order valence-corrected chi connectivity index (χ0v) is 12.2. The van der Waals surface area contributed by atoms with Crippen molar-refractivity contribution in [3.63, 3.8) is 0 Å². The van der Waals surface area contributed by atoms with E-state index < -0.39 is 10.0 Å². The van der Waals surface area contributed by atoms with E-state index in [0.29, 0.717) is 12.8 Å². The highest BCUT2D eigenvalue weighted by molar-refractivity contribution is 7.89. The first-order valence-corrected chi connectivity index (χ1v) is 8.17. The van der Waals surface area contributed by atoms with Crippen molar-refractivity contribution in [2.75, 3.05) is 6.61 Å². The van der Waals surface area contributed by atoms with Crippen LogP contribution in [0.2, 0.25) is 0 Å². The number of aliphatic hydroxyl groups is 1. The number of rotatable bonds is 6. The highest BCUT2D eigenvalue weighted by atomic mass is 32.2. The SMILES string of the molecule is CCC(CCO)NS(=O)(=O)c1ccc2ccccc2c1. The van der Waals surface area contributed by atoms with Crippen molar-refractivity contribution in [3.8, 4) is 0 Å². The maximum absolute atomic E-state index is 12.3. The lowest BCUT2D eigenvalue weighted by atomic mass is 10.1. The Kier molecular flexibility index (Phi) is 4.75. The average molecular weight is 293 g/mol. The Morgan fingerprint density at radius 3 is 2.50 bits per heavy atom. The molecule has 0 amide bonds. The van der Waals surface area contributed by atoms with Gasteiger partial charge >= 0.3 is 0 Å². The van der Waals surface area contributed by atoms with Crippen LogP contribution in [0.3, 0.4) is 0 Å². The first-order chi connectivity index (χ1) is 9.56. The predicted octanol–water partition coefficient (Wildman–Crippen LogP) is 2.28. The number of fused-ring (bicyclic) bond motifs is 1. The number of sulfonamides is 1. The van der Waals surface area contributed by atoms with E-state index >= 15 is 0 Å². The predicted molar refractivity (Wildman–Crippen MR) is 80.1 cm³/mol. The van der Waals surface area contributed by atoms with Crippen LogP contribution in [-0.2, 0) is 10.0 Å². The molecule has 0 spiro atoms. The monoisotopic (exact) mass is 293 g/mol. The van der Waals surface area contributed by atoms with E-state index in [2.05, 4.69) is 4.72 Å². The minimum absolute atomic E-state index is 0.0290. The summed E-state index contributed by atoms with van der Waals surface area (Å²) in [7, 11) is -3.55. The number of benzene rings is 2. The van der Waals surface area contributed by atoms with E-state index in [4.69, 9.17) is 5.11 Å². The van der Waals surface area contributed by atoms with E-state index in [-0.39, 0.29) is 17.5 Å². The topological polar surface area (TPSA) is 66.4 Å². The molecule has 0 aliphatic rings. The van der Waals surface area contributed by atoms with Gasteiger partial charge in [-0.2, -0.15) is 0 Å². The Morgan fingerprint density at radius 2 is 1.85 bits per heavy atom. The molecule has 4 nitrogen and oxygen atoms in total. The van der Waals surface area contributed by atoms with Gasteiger partial charge < -0.3 is 5.11 Å². The molecule has 0 saturated carbocycles. The third-order valence-electron chi connectivity index (χ3n) is 3.32. The van der Waals surface area contributed by atoms with Gasteiger partial charge in [0.15, 0.2) is 0 Å². The molecule has 0 aliphatic carbocycles. The van der Waals surface area contributed by atoms with Crippen LogP contribution in [0.4, 0.5) is 0 Å². The zero-order chi connectivity index (χ0) is 14.6. The second-order valence-corrected chi connectivity index (χ2v) is 6.46. The summed E-state index contributed by atoms with van der Waals surface area (Å²) in [4.78, 5) is 0.257. The number of hydrogen-bond donors (Lipinski definition) is 2. The molecule has 108 valence electrons. The highest BCUT2D eigenvalue weighted by Gasteiger charge is 2.18. The normalized spacial score (nSPS) is 13.5. The standard InChI is InChI=1S/C15H19NO3S/c1-2-14(9-10-17)16-20(18,19)15-8-7-12-5-3-4-6-13(12)11-15/h3-8,11,14,16-17H,2,9-10H2,1H3. The van der Waals surface area contributed by atoms with Crippen LogP contribution in [-0.4, -0.2) is 26.2 Å². The largest absolute Gasteiger partial charge is 0.396 e. The molecule has 5 heteroatoms. The van der Waals surface area contributed by atoms with Crippen molar-refractivity contribution < 1.29 is 13.5 Å². The van der Waals surface area contributed by atoms with Gasteiger partial charge in [-0.1, -0.05) is 37.3 Å². The lowest BCUT2D eigenvalue weighted by Gasteiger charge is -2.16. The summed E-state index contributed by atoms with van der Waals surface area (Å²) in [5, 5.41) is 10.8. The van der Waals surface area contributed by atoms with E-state index in [1.165, 1.54) is 0 Å². The van der Waals surface area contributed by atoms with Gasteiger partial charge in [0.1, 0.15) is 0 Å². The zero-order valence-electron chi connectivity index (χ0n) is 11.4. The summed E-state index contributed by atoms with van der Waals surface area (Å²) < 4.78 is 27.3. The van der Waals surface area contributed by atoms with Gasteiger partial charge in [0.05, 0.1) is 4.90 Å². The summed E-state index contributed by atoms with van der Waals surface area (Å²) in [5.41, 5.74) is 0. The number of hydrogen-bond acceptors (Lipinski definition) is 3. The maximum Gasteiger partial charge on any atom is 0.240 e. The van der Waals surface area contributed by atoms with Crippen LogP contribution >= 0.6 is 0 Å². The average Bonchev–Trinajstić information content (AvgIpc) is 2.46. The molecule has 1 atom stereocenters. The van der Waals surface area contributed by atoms with E-state index in [1.54, 1.807) is 18.2 Å². The second-order valence-electron chi connectivity index (χ2n) is 4.75. The Labute approximate surface area is 119 Å². The fourth-order valence-corrected chi connectivity index (χ4v) is 3.51. The fraction of sp³-hybridized carbons (Fsp3) is 0.333. The molecule has 2 N–H and O–H groups in total. The fourth-order valence-electron chi connectivity index (χ4n) is 2.12. The summed E-state index contributed by atoms with van der Waals surface area (Å²) >= 11 is 0. The van der Waals surface area contributed by atoms with Crippen LogP contribution in [0.25, 0.3) is 10.8 Å². The lowest BCUT2D eigenvalue weighted by molar-refractivity contribution is 0.270. The second kappa shape index (κ2) is 6.35. The molecule has 0 radical (unpaired) electrons. The number of nitrogens with one attached hydrogen (secondary N) is 1. The van der Waals surface area contributed by atoms with Gasteiger partial charge in [0, 0.05) is 12.6 Å². The molecule has 20 heavy (non-hydrogen) atoms. The molecular weight excluding hydrogens is 274 g/mol. The minimum atomic E-state index is -3.55. The maximum atomic E-state index is 12.3. The van der Waals surface area contributed by atoms with Crippen molar-refractivity contribution in [1.82, 2.24) is 4.72 Å². The molecule has 0 saturated heterocycles. The molecule has 0 aliphatic heterocycles. The first kappa shape index (κ1) is 15.0. The summed E-state index contributed by atoms with van der Waals surface area (Å²) in [5.74, 6) is 0. The number of aliphatic hydroxyl groups excluding tert-OH is 1.